The lowest BCUT2D eigenvalue weighted by Gasteiger charge is -2.63. The summed E-state index contributed by atoms with van der Waals surface area (Å²) in [6.07, 6.45) is 3.63. The fourth-order valence-corrected chi connectivity index (χ4v) is 11.0. The number of fused-ring (bicyclic) bond motifs is 7. The number of esters is 1. The molecule has 2 unspecified atom stereocenters. The van der Waals surface area contributed by atoms with Gasteiger partial charge < -0.3 is 29.5 Å². The summed E-state index contributed by atoms with van der Waals surface area (Å²) in [7, 11) is 0. The summed E-state index contributed by atoms with van der Waals surface area (Å²) >= 11 is 0. The predicted octanol–water partition coefficient (Wildman–Crippen LogP) is 3.81. The quantitative estimate of drug-likeness (QED) is 0.452. The van der Waals surface area contributed by atoms with Crippen LogP contribution in [0.2, 0.25) is 0 Å². The Hall–Kier alpha value is -0.730. The van der Waals surface area contributed by atoms with E-state index in [2.05, 4.69) is 34.6 Å². The molecule has 0 aromatic rings. The highest BCUT2D eigenvalue weighted by Gasteiger charge is 2.77. The minimum Gasteiger partial charge on any atom is -0.460 e. The van der Waals surface area contributed by atoms with Crippen molar-refractivity contribution in [3.63, 3.8) is 0 Å². The lowest BCUT2D eigenvalue weighted by molar-refractivity contribution is -0.300. The molecule has 1 spiro atoms. The summed E-state index contributed by atoms with van der Waals surface area (Å²) in [6, 6.07) is 0. The Morgan fingerprint density at radius 3 is 2.27 bits per heavy atom. The van der Waals surface area contributed by atoms with Crippen LogP contribution in [0.3, 0.4) is 0 Å². The molecule has 14 atom stereocenters. The van der Waals surface area contributed by atoms with Crippen LogP contribution in [0.1, 0.15) is 93.4 Å². The number of rotatable bonds is 1. The van der Waals surface area contributed by atoms with Gasteiger partial charge in [0.2, 0.25) is 0 Å². The topological polar surface area (TPSA) is 105 Å². The van der Waals surface area contributed by atoms with E-state index in [4.69, 9.17) is 14.2 Å². The Kier molecular flexibility index (Phi) is 5.68. The zero-order chi connectivity index (χ0) is 26.9. The number of hydrogen-bond acceptors (Lipinski definition) is 7. The number of carbonyl (C=O) groups is 1. The van der Waals surface area contributed by atoms with E-state index in [0.29, 0.717) is 43.4 Å². The largest absolute Gasteiger partial charge is 0.460 e. The Morgan fingerprint density at radius 1 is 0.946 bits per heavy atom. The first-order valence-corrected chi connectivity index (χ1v) is 14.7. The summed E-state index contributed by atoms with van der Waals surface area (Å²) in [5, 5.41) is 34.9. The maximum atomic E-state index is 12.2. The van der Waals surface area contributed by atoms with Gasteiger partial charge in [0.25, 0.3) is 0 Å². The van der Waals surface area contributed by atoms with E-state index in [9.17, 15) is 20.1 Å². The Labute approximate surface area is 221 Å². The van der Waals surface area contributed by atoms with Gasteiger partial charge in [0.15, 0.2) is 5.79 Å². The molecule has 4 aliphatic carbocycles. The Morgan fingerprint density at radius 2 is 1.65 bits per heavy atom. The van der Waals surface area contributed by atoms with E-state index >= 15 is 0 Å². The van der Waals surface area contributed by atoms with E-state index < -0.39 is 29.7 Å². The summed E-state index contributed by atoms with van der Waals surface area (Å²) in [5.74, 6) is -0.172. The molecule has 0 radical (unpaired) electrons. The summed E-state index contributed by atoms with van der Waals surface area (Å²) in [5.41, 5.74) is -1.98. The van der Waals surface area contributed by atoms with E-state index in [0.717, 1.165) is 19.3 Å². The van der Waals surface area contributed by atoms with Gasteiger partial charge in [0.05, 0.1) is 23.9 Å². The fraction of sp³-hybridized carbons (Fsp3) is 0.967. The van der Waals surface area contributed by atoms with Crippen molar-refractivity contribution in [3.05, 3.63) is 0 Å². The van der Waals surface area contributed by atoms with Gasteiger partial charge in [0, 0.05) is 19.3 Å². The predicted molar refractivity (Wildman–Crippen MR) is 136 cm³/mol. The van der Waals surface area contributed by atoms with E-state index in [-0.39, 0.29) is 46.3 Å². The number of ether oxygens (including phenoxy) is 3. The van der Waals surface area contributed by atoms with Gasteiger partial charge in [-0.15, -0.1) is 0 Å². The van der Waals surface area contributed by atoms with Crippen molar-refractivity contribution >= 4 is 5.97 Å². The third kappa shape index (κ3) is 3.39. The van der Waals surface area contributed by atoms with E-state index in [1.807, 2.05) is 6.92 Å². The van der Waals surface area contributed by atoms with Crippen LogP contribution in [0.4, 0.5) is 0 Å². The van der Waals surface area contributed by atoms with Crippen molar-refractivity contribution in [2.24, 2.45) is 46.3 Å². The number of aliphatic hydroxyl groups is 3. The van der Waals surface area contributed by atoms with Gasteiger partial charge >= 0.3 is 5.97 Å². The monoisotopic (exact) mass is 520 g/mol. The molecular formula is C30H48O7. The smallest absolute Gasteiger partial charge is 0.302 e. The normalized spacial score (nSPS) is 59.9. The molecule has 6 fully saturated rings. The zero-order valence-electron chi connectivity index (χ0n) is 23.7. The molecule has 2 saturated heterocycles. The maximum absolute atomic E-state index is 12.2. The number of hydrogen-bond donors (Lipinski definition) is 3. The fourth-order valence-electron chi connectivity index (χ4n) is 11.0. The second-order valence-electron chi connectivity index (χ2n) is 15.1. The zero-order valence-corrected chi connectivity index (χ0v) is 23.7. The highest BCUT2D eigenvalue weighted by atomic mass is 16.7. The minimum absolute atomic E-state index is 0.0781. The molecule has 210 valence electrons. The molecule has 0 aromatic heterocycles. The maximum Gasteiger partial charge on any atom is 0.302 e. The standard InChI is InChI=1S/C30H48O7/c1-15-12-30(37-26(15,3)4)29(7,34)25-22(36-30)11-19-18-9-8-17-10-20(32)23(35-16(2)31)14-27(17,5)24(18)21(33)13-28(19,25)6/h15,17-25,32-34H,8-14H2,1-7H3/t15-,17-,18-,19-,20-,21-,22-,23+,24?,25?,27-,28-,29+,30-/m0/s1. The molecule has 0 aromatic carbocycles. The summed E-state index contributed by atoms with van der Waals surface area (Å²) in [6.45, 7) is 14.2. The van der Waals surface area contributed by atoms with E-state index in [1.54, 1.807) is 0 Å². The van der Waals surface area contributed by atoms with Crippen LogP contribution in [0.15, 0.2) is 0 Å². The molecule has 3 N–H and O–H groups in total. The molecule has 2 heterocycles. The van der Waals surface area contributed by atoms with Gasteiger partial charge in [-0.2, -0.15) is 0 Å². The lowest BCUT2D eigenvalue weighted by atomic mass is 9.43. The van der Waals surface area contributed by atoms with Gasteiger partial charge in [-0.05, 0) is 99.7 Å². The van der Waals surface area contributed by atoms with Crippen LogP contribution >= 0.6 is 0 Å². The van der Waals surface area contributed by atoms with Crippen molar-refractivity contribution < 1.29 is 34.3 Å². The molecule has 0 amide bonds. The second kappa shape index (κ2) is 7.93. The lowest BCUT2D eigenvalue weighted by Crippen LogP contribution is -2.63. The van der Waals surface area contributed by atoms with Gasteiger partial charge in [-0.3, -0.25) is 4.79 Å². The third-order valence-electron chi connectivity index (χ3n) is 12.8. The van der Waals surface area contributed by atoms with Gasteiger partial charge in [-0.25, -0.2) is 0 Å². The Bertz CT molecular complexity index is 964. The van der Waals surface area contributed by atoms with Crippen LogP contribution in [0.5, 0.6) is 0 Å². The average molecular weight is 521 g/mol. The van der Waals surface area contributed by atoms with Crippen molar-refractivity contribution in [2.45, 2.75) is 135 Å². The van der Waals surface area contributed by atoms with Crippen molar-refractivity contribution in [1.82, 2.24) is 0 Å². The van der Waals surface area contributed by atoms with Crippen molar-refractivity contribution in [1.29, 1.82) is 0 Å². The summed E-state index contributed by atoms with van der Waals surface area (Å²) in [4.78, 5) is 11.8. The number of aliphatic hydroxyl groups excluding tert-OH is 2. The average Bonchev–Trinajstić information content (AvgIpc) is 3.26. The molecule has 7 nitrogen and oxygen atoms in total. The molecule has 6 aliphatic rings. The van der Waals surface area contributed by atoms with Crippen molar-refractivity contribution in [3.8, 4) is 0 Å². The van der Waals surface area contributed by atoms with Crippen LogP contribution in [-0.2, 0) is 19.0 Å². The first-order chi connectivity index (χ1) is 17.1. The molecule has 0 bridgehead atoms. The molecule has 7 heteroatoms. The third-order valence-corrected chi connectivity index (χ3v) is 12.8. The van der Waals surface area contributed by atoms with Crippen LogP contribution in [0.25, 0.3) is 0 Å². The van der Waals surface area contributed by atoms with Crippen LogP contribution in [-0.4, -0.2) is 62.7 Å². The first kappa shape index (κ1) is 26.5. The second-order valence-corrected chi connectivity index (χ2v) is 15.1. The highest BCUT2D eigenvalue weighted by molar-refractivity contribution is 5.66. The SMILES string of the molecule is CC(=O)O[C@@H]1C[C@]2(C)C3[C@@H](CC[C@H]2C[C@@H]1O)[C@@H]1C[C@@H]2O[C@]4(C[C@H](C)C(C)(C)O4)[C@](C)(O)C2[C@@]1(C)C[C@@H]3O. The molecule has 37 heavy (non-hydrogen) atoms. The van der Waals surface area contributed by atoms with Crippen LogP contribution in [0, 0.1) is 46.3 Å². The van der Waals surface area contributed by atoms with Gasteiger partial charge in [-0.1, -0.05) is 20.8 Å². The molecule has 2 aliphatic heterocycles. The molecule has 4 saturated carbocycles. The Balaban J connectivity index is 1.31. The number of carbonyl (C=O) groups excluding carboxylic acids is 1. The van der Waals surface area contributed by atoms with Crippen LogP contribution < -0.4 is 0 Å². The van der Waals surface area contributed by atoms with E-state index in [1.165, 1.54) is 6.92 Å². The molecular weight excluding hydrogens is 472 g/mol. The highest BCUT2D eigenvalue weighted by Crippen LogP contribution is 2.72. The van der Waals surface area contributed by atoms with Crippen molar-refractivity contribution in [2.75, 3.05) is 0 Å². The molecule has 6 rings (SSSR count). The first-order valence-electron chi connectivity index (χ1n) is 14.7. The summed E-state index contributed by atoms with van der Waals surface area (Å²) < 4.78 is 18.9. The van der Waals surface area contributed by atoms with Gasteiger partial charge in [0.1, 0.15) is 11.7 Å². The minimum atomic E-state index is -1.15.